The summed E-state index contributed by atoms with van der Waals surface area (Å²) in [6.07, 6.45) is 0.921. The summed E-state index contributed by atoms with van der Waals surface area (Å²) in [6, 6.07) is 3.65. The SMILES string of the molecule is COCCC(C)NCc1ccc(S(N)(=O)=O)s1. The van der Waals surface area contributed by atoms with E-state index in [1.54, 1.807) is 13.2 Å². The maximum atomic E-state index is 11.1. The number of nitrogens with two attached hydrogens (primary N) is 1. The van der Waals surface area contributed by atoms with Gasteiger partial charge in [-0.05, 0) is 25.5 Å². The van der Waals surface area contributed by atoms with E-state index in [-0.39, 0.29) is 4.21 Å². The van der Waals surface area contributed by atoms with Crippen molar-refractivity contribution in [3.8, 4) is 0 Å². The van der Waals surface area contributed by atoms with Crippen LogP contribution in [-0.4, -0.2) is 28.2 Å². The lowest BCUT2D eigenvalue weighted by Gasteiger charge is -2.11. The first-order valence-corrected chi connectivity index (χ1v) is 7.63. The van der Waals surface area contributed by atoms with Gasteiger partial charge < -0.3 is 10.1 Å². The van der Waals surface area contributed by atoms with Crippen LogP contribution in [0.1, 0.15) is 18.2 Å². The molecule has 0 bridgehead atoms. The van der Waals surface area contributed by atoms with E-state index in [9.17, 15) is 8.42 Å². The lowest BCUT2D eigenvalue weighted by molar-refractivity contribution is 0.185. The summed E-state index contributed by atoms with van der Waals surface area (Å²) < 4.78 is 27.3. The number of hydrogen-bond donors (Lipinski definition) is 2. The Morgan fingerprint density at radius 1 is 1.53 bits per heavy atom. The molecule has 0 radical (unpaired) electrons. The fourth-order valence-electron chi connectivity index (χ4n) is 1.28. The molecule has 0 saturated heterocycles. The van der Waals surface area contributed by atoms with Crippen molar-refractivity contribution in [2.24, 2.45) is 5.14 Å². The highest BCUT2D eigenvalue weighted by Crippen LogP contribution is 2.20. The second-order valence-corrected chi connectivity index (χ2v) is 6.79. The van der Waals surface area contributed by atoms with Gasteiger partial charge in [-0.3, -0.25) is 0 Å². The van der Waals surface area contributed by atoms with Crippen LogP contribution in [0.25, 0.3) is 0 Å². The van der Waals surface area contributed by atoms with Crippen LogP contribution in [0, 0.1) is 0 Å². The highest BCUT2D eigenvalue weighted by atomic mass is 32.2. The summed E-state index contributed by atoms with van der Waals surface area (Å²) in [6.45, 7) is 3.42. The van der Waals surface area contributed by atoms with Crippen LogP contribution in [0.2, 0.25) is 0 Å². The van der Waals surface area contributed by atoms with Crippen LogP contribution in [0.15, 0.2) is 16.3 Å². The lowest BCUT2D eigenvalue weighted by Crippen LogP contribution is -2.26. The first-order chi connectivity index (χ1) is 7.93. The van der Waals surface area contributed by atoms with Crippen molar-refractivity contribution in [3.05, 3.63) is 17.0 Å². The quantitative estimate of drug-likeness (QED) is 0.777. The van der Waals surface area contributed by atoms with E-state index in [0.717, 1.165) is 11.3 Å². The molecule has 17 heavy (non-hydrogen) atoms. The summed E-state index contributed by atoms with van der Waals surface area (Å²) in [4.78, 5) is 0.957. The molecule has 0 spiro atoms. The number of rotatable bonds is 7. The highest BCUT2D eigenvalue weighted by Gasteiger charge is 2.11. The van der Waals surface area contributed by atoms with Gasteiger partial charge in [-0.15, -0.1) is 11.3 Å². The highest BCUT2D eigenvalue weighted by molar-refractivity contribution is 7.91. The predicted octanol–water partition coefficient (Wildman–Crippen LogP) is 0.910. The van der Waals surface area contributed by atoms with Crippen LogP contribution >= 0.6 is 11.3 Å². The average molecular weight is 278 g/mol. The number of hydrogen-bond acceptors (Lipinski definition) is 5. The van der Waals surface area contributed by atoms with Crippen LogP contribution in [0.5, 0.6) is 0 Å². The summed E-state index contributed by atoms with van der Waals surface area (Å²) >= 11 is 1.20. The van der Waals surface area contributed by atoms with Crippen molar-refractivity contribution >= 4 is 21.4 Å². The average Bonchev–Trinajstić information content (AvgIpc) is 2.71. The molecule has 1 aromatic rings. The monoisotopic (exact) mass is 278 g/mol. The smallest absolute Gasteiger partial charge is 0.247 e. The van der Waals surface area contributed by atoms with Gasteiger partial charge in [0.15, 0.2) is 0 Å². The van der Waals surface area contributed by atoms with Gasteiger partial charge in [0, 0.05) is 31.2 Å². The van der Waals surface area contributed by atoms with Crippen LogP contribution in [0.4, 0.5) is 0 Å². The van der Waals surface area contributed by atoms with Crippen LogP contribution in [0.3, 0.4) is 0 Å². The Morgan fingerprint density at radius 3 is 2.76 bits per heavy atom. The van der Waals surface area contributed by atoms with E-state index in [2.05, 4.69) is 12.2 Å². The third kappa shape index (κ3) is 5.13. The molecule has 0 amide bonds. The van der Waals surface area contributed by atoms with E-state index in [4.69, 9.17) is 9.88 Å². The van der Waals surface area contributed by atoms with Gasteiger partial charge in [-0.2, -0.15) is 0 Å². The molecule has 1 unspecified atom stereocenters. The molecule has 1 rings (SSSR count). The summed E-state index contributed by atoms with van der Waals surface area (Å²) in [5, 5.41) is 8.33. The van der Waals surface area contributed by atoms with Crippen molar-refractivity contribution < 1.29 is 13.2 Å². The molecule has 0 aliphatic heterocycles. The third-order valence-corrected chi connectivity index (χ3v) is 4.82. The predicted molar refractivity (Wildman–Crippen MR) is 68.5 cm³/mol. The minimum atomic E-state index is -3.56. The Morgan fingerprint density at radius 2 is 2.24 bits per heavy atom. The Hall–Kier alpha value is -0.470. The minimum absolute atomic E-state index is 0.207. The molecular weight excluding hydrogens is 260 g/mol. The molecule has 1 atom stereocenters. The van der Waals surface area contributed by atoms with E-state index in [1.807, 2.05) is 0 Å². The molecular formula is C10H18N2O3S2. The molecule has 3 N–H and O–H groups in total. The normalized spacial score (nSPS) is 13.8. The largest absolute Gasteiger partial charge is 0.385 e. The van der Waals surface area contributed by atoms with Gasteiger partial charge in [0.25, 0.3) is 0 Å². The molecule has 1 aromatic heterocycles. The van der Waals surface area contributed by atoms with E-state index in [1.165, 1.54) is 17.4 Å². The third-order valence-electron chi connectivity index (χ3n) is 2.30. The zero-order chi connectivity index (χ0) is 12.9. The van der Waals surface area contributed by atoms with Gasteiger partial charge in [0.2, 0.25) is 10.0 Å². The second kappa shape index (κ2) is 6.46. The maximum Gasteiger partial charge on any atom is 0.247 e. The van der Waals surface area contributed by atoms with Crippen LogP contribution < -0.4 is 10.5 Å². The Bertz CT molecular complexity index is 442. The van der Waals surface area contributed by atoms with Crippen LogP contribution in [-0.2, 0) is 21.3 Å². The zero-order valence-electron chi connectivity index (χ0n) is 9.97. The van der Waals surface area contributed by atoms with Gasteiger partial charge in [0.05, 0.1) is 0 Å². The number of primary sulfonamides is 1. The first kappa shape index (κ1) is 14.6. The summed E-state index contributed by atoms with van der Waals surface area (Å²) in [5.41, 5.74) is 0. The Kier molecular flexibility index (Phi) is 5.54. The molecule has 1 heterocycles. The van der Waals surface area contributed by atoms with Gasteiger partial charge in [-0.1, -0.05) is 0 Å². The zero-order valence-corrected chi connectivity index (χ0v) is 11.6. The number of nitrogens with one attached hydrogen (secondary N) is 1. The molecule has 0 saturated carbocycles. The van der Waals surface area contributed by atoms with E-state index >= 15 is 0 Å². The second-order valence-electron chi connectivity index (χ2n) is 3.83. The molecule has 5 nitrogen and oxygen atoms in total. The topological polar surface area (TPSA) is 81.4 Å². The summed E-state index contributed by atoms with van der Waals surface area (Å²) in [7, 11) is -1.89. The fraction of sp³-hybridized carbons (Fsp3) is 0.600. The molecule has 98 valence electrons. The van der Waals surface area contributed by atoms with Crippen molar-refractivity contribution in [1.29, 1.82) is 0 Å². The minimum Gasteiger partial charge on any atom is -0.385 e. The Balaban J connectivity index is 2.45. The first-order valence-electron chi connectivity index (χ1n) is 5.27. The molecule has 0 fully saturated rings. The van der Waals surface area contributed by atoms with Crippen molar-refractivity contribution in [2.45, 2.75) is 30.1 Å². The van der Waals surface area contributed by atoms with Gasteiger partial charge in [0.1, 0.15) is 4.21 Å². The number of methoxy groups -OCH3 is 1. The number of thiophene rings is 1. The fourth-order valence-corrected chi connectivity index (χ4v) is 3.01. The number of sulfonamides is 1. The summed E-state index contributed by atoms with van der Waals surface area (Å²) in [5.74, 6) is 0. The van der Waals surface area contributed by atoms with Crippen molar-refractivity contribution in [3.63, 3.8) is 0 Å². The van der Waals surface area contributed by atoms with Gasteiger partial charge in [-0.25, -0.2) is 13.6 Å². The molecule has 0 aliphatic carbocycles. The van der Waals surface area contributed by atoms with Crippen molar-refractivity contribution in [1.82, 2.24) is 5.32 Å². The Labute approximate surface area is 106 Å². The number of ether oxygens (including phenoxy) is 1. The molecule has 0 aliphatic rings. The maximum absolute atomic E-state index is 11.1. The van der Waals surface area contributed by atoms with Crippen molar-refractivity contribution in [2.75, 3.05) is 13.7 Å². The molecule has 7 heteroatoms. The van der Waals surface area contributed by atoms with Gasteiger partial charge >= 0.3 is 0 Å². The standard InChI is InChI=1S/C10H18N2O3S2/c1-8(5-6-15-2)12-7-9-3-4-10(16-9)17(11,13)14/h3-4,8,12H,5-7H2,1-2H3,(H2,11,13,14). The molecule has 0 aromatic carbocycles. The van der Waals surface area contributed by atoms with E-state index in [0.29, 0.717) is 19.2 Å². The van der Waals surface area contributed by atoms with E-state index < -0.39 is 10.0 Å². The lowest BCUT2D eigenvalue weighted by atomic mass is 10.2.